The fourth-order valence-corrected chi connectivity index (χ4v) is 5.59. The van der Waals surface area contributed by atoms with Crippen LogP contribution in [0.2, 0.25) is 0 Å². The summed E-state index contributed by atoms with van der Waals surface area (Å²) in [5, 5.41) is 0. The lowest BCUT2D eigenvalue weighted by Gasteiger charge is -2.37. The molecule has 0 saturated heterocycles. The number of aryl methyl sites for hydroxylation is 1. The van der Waals surface area contributed by atoms with Gasteiger partial charge in [-0.15, -0.1) is 0 Å². The first-order valence-corrected chi connectivity index (χ1v) is 14.9. The Labute approximate surface area is 223 Å². The minimum Gasteiger partial charge on any atom is -0.487 e. The van der Waals surface area contributed by atoms with Crippen molar-refractivity contribution < 1.29 is 14.3 Å². The molecule has 1 heterocycles. The summed E-state index contributed by atoms with van der Waals surface area (Å²) in [6.07, 6.45) is 14.0. The van der Waals surface area contributed by atoms with Crippen molar-refractivity contribution >= 4 is 5.78 Å². The second kappa shape index (κ2) is 14.4. The number of carbonyl (C=O) groups excluding carboxylic acids is 1. The Hall–Kier alpha value is -1.51. The maximum absolute atomic E-state index is 12.1. The van der Waals surface area contributed by atoms with Gasteiger partial charge in [0.1, 0.15) is 23.7 Å². The Morgan fingerprint density at radius 2 is 1.53 bits per heavy atom. The quantitative estimate of drug-likeness (QED) is 0.227. The predicted molar refractivity (Wildman–Crippen MR) is 153 cm³/mol. The molecule has 3 nitrogen and oxygen atoms in total. The number of fused-ring (bicyclic) bond motifs is 1. The van der Waals surface area contributed by atoms with E-state index in [1.807, 2.05) is 13.8 Å². The van der Waals surface area contributed by atoms with Crippen molar-refractivity contribution in [1.29, 1.82) is 0 Å². The highest BCUT2D eigenvalue weighted by molar-refractivity contribution is 5.81. The second-order valence-corrected chi connectivity index (χ2v) is 12.9. The highest BCUT2D eigenvalue weighted by atomic mass is 16.5. The number of hydrogen-bond donors (Lipinski definition) is 0. The fourth-order valence-electron chi connectivity index (χ4n) is 5.59. The molecule has 0 radical (unpaired) electrons. The summed E-state index contributed by atoms with van der Waals surface area (Å²) >= 11 is 0. The molecular weight excluding hydrogens is 444 g/mol. The van der Waals surface area contributed by atoms with Crippen molar-refractivity contribution in [2.45, 2.75) is 139 Å². The van der Waals surface area contributed by atoms with Gasteiger partial charge < -0.3 is 9.47 Å². The topological polar surface area (TPSA) is 35.5 Å². The first kappa shape index (κ1) is 30.7. The molecule has 1 aliphatic rings. The molecule has 1 aliphatic heterocycles. The SMILES string of the molecule is Cc1cc2c(c(C)c1OCC(=O)C(C)C)CCC(C)(CCCC(C)CCCC(C)CCCC(C)C)O2. The minimum atomic E-state index is -0.0908. The summed E-state index contributed by atoms with van der Waals surface area (Å²) in [6.45, 7) is 20.0. The third kappa shape index (κ3) is 9.75. The second-order valence-electron chi connectivity index (χ2n) is 12.9. The van der Waals surface area contributed by atoms with Gasteiger partial charge in [-0.2, -0.15) is 0 Å². The summed E-state index contributed by atoms with van der Waals surface area (Å²) in [5.74, 6) is 4.52. The van der Waals surface area contributed by atoms with E-state index < -0.39 is 0 Å². The molecule has 36 heavy (non-hydrogen) atoms. The number of ketones is 1. The van der Waals surface area contributed by atoms with Crippen LogP contribution < -0.4 is 9.47 Å². The molecule has 3 unspecified atom stereocenters. The monoisotopic (exact) mass is 500 g/mol. The lowest BCUT2D eigenvalue weighted by Crippen LogP contribution is -2.36. The Balaban J connectivity index is 1.79. The zero-order valence-corrected chi connectivity index (χ0v) is 25.1. The average Bonchev–Trinajstić information content (AvgIpc) is 2.78. The van der Waals surface area contributed by atoms with Crippen LogP contribution in [0.15, 0.2) is 6.07 Å². The van der Waals surface area contributed by atoms with Gasteiger partial charge in [-0.25, -0.2) is 0 Å². The third-order valence-electron chi connectivity index (χ3n) is 8.33. The zero-order valence-electron chi connectivity index (χ0n) is 25.1. The number of benzene rings is 1. The summed E-state index contributed by atoms with van der Waals surface area (Å²) < 4.78 is 12.6. The van der Waals surface area contributed by atoms with Crippen LogP contribution in [-0.2, 0) is 11.2 Å². The number of hydrogen-bond acceptors (Lipinski definition) is 3. The molecule has 206 valence electrons. The van der Waals surface area contributed by atoms with Gasteiger partial charge >= 0.3 is 0 Å². The Morgan fingerprint density at radius 1 is 0.944 bits per heavy atom. The molecule has 3 atom stereocenters. The molecule has 0 bridgehead atoms. The van der Waals surface area contributed by atoms with Gasteiger partial charge in [0, 0.05) is 11.5 Å². The summed E-state index contributed by atoms with van der Waals surface area (Å²) in [6, 6.07) is 2.12. The average molecular weight is 501 g/mol. The maximum atomic E-state index is 12.1. The van der Waals surface area contributed by atoms with Crippen LogP contribution in [0.4, 0.5) is 0 Å². The van der Waals surface area contributed by atoms with Crippen LogP contribution in [0.5, 0.6) is 11.5 Å². The van der Waals surface area contributed by atoms with Gasteiger partial charge in [-0.1, -0.05) is 86.5 Å². The van der Waals surface area contributed by atoms with Gasteiger partial charge in [-0.3, -0.25) is 4.79 Å². The maximum Gasteiger partial charge on any atom is 0.172 e. The highest BCUT2D eigenvalue weighted by Gasteiger charge is 2.33. The van der Waals surface area contributed by atoms with Gasteiger partial charge in [-0.05, 0) is 81.4 Å². The van der Waals surface area contributed by atoms with E-state index in [0.29, 0.717) is 0 Å². The lowest BCUT2D eigenvalue weighted by molar-refractivity contribution is -0.123. The van der Waals surface area contributed by atoms with E-state index in [0.717, 1.165) is 59.6 Å². The summed E-state index contributed by atoms with van der Waals surface area (Å²) in [5.41, 5.74) is 3.35. The molecule has 1 aromatic rings. The van der Waals surface area contributed by atoms with Gasteiger partial charge in [0.05, 0.1) is 0 Å². The Bertz CT molecular complexity index is 825. The Morgan fingerprint density at radius 3 is 2.11 bits per heavy atom. The van der Waals surface area contributed by atoms with E-state index in [1.165, 1.54) is 56.9 Å². The summed E-state index contributed by atoms with van der Waals surface area (Å²) in [7, 11) is 0. The molecule has 0 amide bonds. The van der Waals surface area contributed by atoms with Crippen molar-refractivity contribution in [3.8, 4) is 11.5 Å². The standard InChI is InChI=1S/C33H56O3/c1-23(2)13-10-14-25(5)15-11-16-26(6)17-12-19-33(9)20-18-29-28(8)32(27(7)21-31(29)36-33)35-22-30(34)24(3)4/h21,23-26H,10-20,22H2,1-9H3. The van der Waals surface area contributed by atoms with E-state index in [-0.39, 0.29) is 23.9 Å². The molecule has 0 aliphatic carbocycles. The first-order chi connectivity index (χ1) is 16.9. The normalized spacial score (nSPS) is 19.2. The molecule has 0 spiro atoms. The van der Waals surface area contributed by atoms with Crippen LogP contribution in [0.25, 0.3) is 0 Å². The smallest absolute Gasteiger partial charge is 0.172 e. The molecule has 0 N–H and O–H groups in total. The molecule has 3 heteroatoms. The molecule has 1 aromatic carbocycles. The van der Waals surface area contributed by atoms with Crippen LogP contribution in [0, 0.1) is 37.5 Å². The van der Waals surface area contributed by atoms with E-state index >= 15 is 0 Å². The van der Waals surface area contributed by atoms with Crippen LogP contribution >= 0.6 is 0 Å². The number of rotatable bonds is 16. The van der Waals surface area contributed by atoms with Gasteiger partial charge in [0.15, 0.2) is 5.78 Å². The van der Waals surface area contributed by atoms with Gasteiger partial charge in [0.25, 0.3) is 0 Å². The first-order valence-electron chi connectivity index (χ1n) is 14.9. The lowest BCUT2D eigenvalue weighted by atomic mass is 9.85. The van der Waals surface area contributed by atoms with E-state index in [2.05, 4.69) is 54.5 Å². The molecule has 0 saturated carbocycles. The zero-order chi connectivity index (χ0) is 26.9. The minimum absolute atomic E-state index is 0.00174. The highest BCUT2D eigenvalue weighted by Crippen LogP contribution is 2.42. The number of Topliss-reactive ketones (excluding diaryl/α,β-unsaturated/α-hetero) is 1. The number of carbonyl (C=O) groups is 1. The largest absolute Gasteiger partial charge is 0.487 e. The van der Waals surface area contributed by atoms with Crippen molar-refractivity contribution in [2.75, 3.05) is 6.61 Å². The van der Waals surface area contributed by atoms with Crippen LogP contribution in [0.1, 0.15) is 129 Å². The van der Waals surface area contributed by atoms with Crippen LogP contribution in [-0.4, -0.2) is 18.0 Å². The van der Waals surface area contributed by atoms with E-state index in [4.69, 9.17) is 9.47 Å². The fraction of sp³-hybridized carbons (Fsp3) is 0.788. The van der Waals surface area contributed by atoms with Crippen LogP contribution in [0.3, 0.4) is 0 Å². The molecule has 2 rings (SSSR count). The van der Waals surface area contributed by atoms with Crippen molar-refractivity contribution in [3.63, 3.8) is 0 Å². The summed E-state index contributed by atoms with van der Waals surface area (Å²) in [4.78, 5) is 12.1. The molecule has 0 aromatic heterocycles. The van der Waals surface area contributed by atoms with Gasteiger partial charge in [0.2, 0.25) is 0 Å². The third-order valence-corrected chi connectivity index (χ3v) is 8.33. The van der Waals surface area contributed by atoms with Crippen molar-refractivity contribution in [3.05, 3.63) is 22.8 Å². The van der Waals surface area contributed by atoms with E-state index in [1.54, 1.807) is 0 Å². The Kier molecular flexibility index (Phi) is 12.3. The van der Waals surface area contributed by atoms with E-state index in [9.17, 15) is 4.79 Å². The van der Waals surface area contributed by atoms with Crippen molar-refractivity contribution in [2.24, 2.45) is 23.7 Å². The molecular formula is C33H56O3. The van der Waals surface area contributed by atoms with Crippen molar-refractivity contribution in [1.82, 2.24) is 0 Å². The molecule has 0 fully saturated rings. The number of ether oxygens (including phenoxy) is 2. The predicted octanol–water partition coefficient (Wildman–Crippen LogP) is 9.43.